The molecule has 1 aliphatic rings. The van der Waals surface area contributed by atoms with Crippen molar-refractivity contribution in [2.75, 3.05) is 13.2 Å². The molecule has 124 valence electrons. The molecule has 0 saturated carbocycles. The molecule has 4 nitrogen and oxygen atoms in total. The second-order valence-corrected chi connectivity index (χ2v) is 5.09. The van der Waals surface area contributed by atoms with E-state index in [1.807, 2.05) is 0 Å². The molecule has 1 aromatic carbocycles. The van der Waals surface area contributed by atoms with Crippen molar-refractivity contribution < 1.29 is 27.5 Å². The van der Waals surface area contributed by atoms with Crippen LogP contribution in [0.5, 0.6) is 0 Å². The number of rotatable bonds is 3. The van der Waals surface area contributed by atoms with Gasteiger partial charge in [0.05, 0.1) is 6.61 Å². The summed E-state index contributed by atoms with van der Waals surface area (Å²) in [6, 6.07) is 5.26. The molecule has 0 fully saturated rings. The van der Waals surface area contributed by atoms with E-state index in [4.69, 9.17) is 4.74 Å². The van der Waals surface area contributed by atoms with Crippen molar-refractivity contribution in [1.29, 1.82) is 0 Å². The molecule has 0 spiro atoms. The van der Waals surface area contributed by atoms with E-state index in [1.54, 1.807) is 25.1 Å². The van der Waals surface area contributed by atoms with Crippen LogP contribution in [0.2, 0.25) is 0 Å². The highest BCUT2D eigenvalue weighted by molar-refractivity contribution is 5.87. The lowest BCUT2D eigenvalue weighted by Gasteiger charge is -2.29. The molecule has 0 N–H and O–H groups in total. The number of hydrogen-bond donors (Lipinski definition) is 0. The summed E-state index contributed by atoms with van der Waals surface area (Å²) in [6.45, 7) is 1.91. The minimum atomic E-state index is -4.86. The first-order valence-corrected chi connectivity index (χ1v) is 7.14. The number of hydrogen-bond acceptors (Lipinski definition) is 3. The zero-order valence-electron chi connectivity index (χ0n) is 12.5. The number of amides is 1. The lowest BCUT2D eigenvalue weighted by Crippen LogP contribution is -2.43. The van der Waals surface area contributed by atoms with E-state index in [0.717, 1.165) is 10.5 Å². The van der Waals surface area contributed by atoms with Crippen molar-refractivity contribution in [3.63, 3.8) is 0 Å². The second-order valence-electron chi connectivity index (χ2n) is 5.09. The molecular weight excluding hydrogens is 311 g/mol. The Morgan fingerprint density at radius 1 is 1.30 bits per heavy atom. The molecule has 1 heterocycles. The summed E-state index contributed by atoms with van der Waals surface area (Å²) in [4.78, 5) is 23.4. The molecule has 1 aromatic rings. The SMILES string of the molecule is CCOC(=O)C=Cc1ccc2c(c1)CN(C(=O)C(F)(F)F)CC2. The summed E-state index contributed by atoms with van der Waals surface area (Å²) in [7, 11) is 0. The van der Waals surface area contributed by atoms with E-state index in [2.05, 4.69) is 0 Å². The van der Waals surface area contributed by atoms with E-state index in [-0.39, 0.29) is 19.7 Å². The lowest BCUT2D eigenvalue weighted by molar-refractivity contribution is -0.186. The second kappa shape index (κ2) is 6.85. The maximum atomic E-state index is 12.5. The van der Waals surface area contributed by atoms with Crippen LogP contribution in [0.1, 0.15) is 23.6 Å². The van der Waals surface area contributed by atoms with Gasteiger partial charge in [0.1, 0.15) is 0 Å². The highest BCUT2D eigenvalue weighted by Crippen LogP contribution is 2.25. The van der Waals surface area contributed by atoms with Crippen molar-refractivity contribution in [3.8, 4) is 0 Å². The third kappa shape index (κ3) is 4.34. The standard InChI is InChI=1S/C16H16F3NO3/c1-2-23-14(21)6-4-11-3-5-12-7-8-20(10-13(12)9-11)15(22)16(17,18)19/h3-6,9H,2,7-8,10H2,1H3. The van der Waals surface area contributed by atoms with Crippen molar-refractivity contribution in [3.05, 3.63) is 41.0 Å². The summed E-state index contributed by atoms with van der Waals surface area (Å²) < 4.78 is 42.3. The monoisotopic (exact) mass is 327 g/mol. The van der Waals surface area contributed by atoms with Gasteiger partial charge in [-0.3, -0.25) is 4.79 Å². The van der Waals surface area contributed by atoms with E-state index < -0.39 is 18.1 Å². The molecule has 0 unspecified atom stereocenters. The van der Waals surface area contributed by atoms with E-state index in [0.29, 0.717) is 17.5 Å². The number of fused-ring (bicyclic) bond motifs is 1. The first-order valence-electron chi connectivity index (χ1n) is 7.14. The molecule has 0 aliphatic carbocycles. The smallest absolute Gasteiger partial charge is 0.463 e. The van der Waals surface area contributed by atoms with Gasteiger partial charge in [-0.15, -0.1) is 0 Å². The van der Waals surface area contributed by atoms with Crippen LogP contribution in [-0.2, 0) is 27.3 Å². The Balaban J connectivity index is 2.14. The summed E-state index contributed by atoms with van der Waals surface area (Å²) in [5, 5.41) is 0. The van der Waals surface area contributed by atoms with Crippen LogP contribution in [0.3, 0.4) is 0 Å². The molecule has 7 heteroatoms. The Labute approximate surface area is 131 Å². The number of alkyl halides is 3. The van der Waals surface area contributed by atoms with Gasteiger partial charge in [-0.1, -0.05) is 12.1 Å². The van der Waals surface area contributed by atoms with Gasteiger partial charge >= 0.3 is 18.1 Å². The van der Waals surface area contributed by atoms with E-state index in [9.17, 15) is 22.8 Å². The van der Waals surface area contributed by atoms with Crippen LogP contribution < -0.4 is 0 Å². The Morgan fingerprint density at radius 2 is 2.04 bits per heavy atom. The van der Waals surface area contributed by atoms with Crippen molar-refractivity contribution in [2.45, 2.75) is 26.1 Å². The number of carbonyl (C=O) groups is 2. The predicted molar refractivity (Wildman–Crippen MR) is 77.3 cm³/mol. The van der Waals surface area contributed by atoms with Crippen LogP contribution in [0, 0.1) is 0 Å². The molecule has 0 atom stereocenters. The van der Waals surface area contributed by atoms with Crippen molar-refractivity contribution in [2.24, 2.45) is 0 Å². The summed E-state index contributed by atoms with van der Waals surface area (Å²) in [5.41, 5.74) is 2.22. The number of benzene rings is 1. The number of halogens is 3. The fourth-order valence-corrected chi connectivity index (χ4v) is 2.39. The number of carbonyl (C=O) groups excluding carboxylic acids is 2. The van der Waals surface area contributed by atoms with E-state index >= 15 is 0 Å². The molecule has 1 amide bonds. The fraction of sp³-hybridized carbons (Fsp3) is 0.375. The molecule has 1 aliphatic heterocycles. The van der Waals surface area contributed by atoms with Crippen LogP contribution in [0.15, 0.2) is 24.3 Å². The molecule has 2 rings (SSSR count). The fourth-order valence-electron chi connectivity index (χ4n) is 2.39. The summed E-state index contributed by atoms with van der Waals surface area (Å²) >= 11 is 0. The highest BCUT2D eigenvalue weighted by atomic mass is 19.4. The third-order valence-corrected chi connectivity index (χ3v) is 3.47. The summed E-state index contributed by atoms with van der Waals surface area (Å²) in [6.07, 6.45) is -1.70. The molecule has 0 bridgehead atoms. The average Bonchev–Trinajstić information content (AvgIpc) is 2.51. The number of nitrogens with zero attached hydrogens (tertiary/aromatic N) is 1. The molecular formula is C16H16F3NO3. The van der Waals surface area contributed by atoms with Crippen LogP contribution in [0.4, 0.5) is 13.2 Å². The zero-order chi connectivity index (χ0) is 17.0. The Kier molecular flexibility index (Phi) is 5.08. The Hall–Kier alpha value is -2.31. The van der Waals surface area contributed by atoms with Crippen molar-refractivity contribution >= 4 is 18.0 Å². The maximum absolute atomic E-state index is 12.5. The lowest BCUT2D eigenvalue weighted by atomic mass is 9.97. The van der Waals surface area contributed by atoms with Gasteiger partial charge in [0.15, 0.2) is 0 Å². The number of esters is 1. The minimum Gasteiger partial charge on any atom is -0.463 e. The minimum absolute atomic E-state index is 0.0450. The topological polar surface area (TPSA) is 46.6 Å². The van der Waals surface area contributed by atoms with Gasteiger partial charge in [0.25, 0.3) is 0 Å². The van der Waals surface area contributed by atoms with E-state index in [1.165, 1.54) is 12.2 Å². The quantitative estimate of drug-likeness (QED) is 0.633. The molecule has 0 saturated heterocycles. The Bertz CT molecular complexity index is 638. The average molecular weight is 327 g/mol. The maximum Gasteiger partial charge on any atom is 0.471 e. The highest BCUT2D eigenvalue weighted by Gasteiger charge is 2.43. The molecule has 23 heavy (non-hydrogen) atoms. The van der Waals surface area contributed by atoms with Crippen LogP contribution in [0.25, 0.3) is 6.08 Å². The molecule has 0 aromatic heterocycles. The Morgan fingerprint density at radius 3 is 2.70 bits per heavy atom. The normalized spacial score (nSPS) is 14.7. The van der Waals surface area contributed by atoms with Gasteiger partial charge < -0.3 is 9.64 Å². The van der Waals surface area contributed by atoms with Gasteiger partial charge in [-0.2, -0.15) is 13.2 Å². The largest absolute Gasteiger partial charge is 0.471 e. The first-order chi connectivity index (χ1) is 10.8. The predicted octanol–water partition coefficient (Wildman–Crippen LogP) is 2.71. The van der Waals surface area contributed by atoms with Gasteiger partial charge in [-0.25, -0.2) is 4.79 Å². The van der Waals surface area contributed by atoms with Gasteiger partial charge in [-0.05, 0) is 42.2 Å². The van der Waals surface area contributed by atoms with Crippen molar-refractivity contribution in [1.82, 2.24) is 4.90 Å². The first kappa shape index (κ1) is 17.1. The van der Waals surface area contributed by atoms with Crippen LogP contribution in [-0.4, -0.2) is 36.1 Å². The van der Waals surface area contributed by atoms with Gasteiger partial charge in [0, 0.05) is 19.2 Å². The third-order valence-electron chi connectivity index (χ3n) is 3.47. The molecule has 0 radical (unpaired) electrons. The van der Waals surface area contributed by atoms with Crippen LogP contribution >= 0.6 is 0 Å². The number of ether oxygens (including phenoxy) is 1. The summed E-state index contributed by atoms with van der Waals surface area (Å²) in [5.74, 6) is -2.31. The van der Waals surface area contributed by atoms with Gasteiger partial charge in [0.2, 0.25) is 0 Å². The zero-order valence-corrected chi connectivity index (χ0v) is 12.5.